The van der Waals surface area contributed by atoms with E-state index < -0.39 is 17.3 Å². The fourth-order valence-electron chi connectivity index (χ4n) is 4.20. The lowest BCUT2D eigenvalue weighted by atomic mass is 9.70. The second-order valence-electron chi connectivity index (χ2n) is 8.08. The van der Waals surface area contributed by atoms with Crippen molar-refractivity contribution in [2.24, 2.45) is 11.3 Å². The Labute approximate surface area is 146 Å². The third-order valence-electron chi connectivity index (χ3n) is 4.98. The molecule has 2 aromatic heterocycles. The van der Waals surface area contributed by atoms with Crippen LogP contribution in [0.5, 0.6) is 5.88 Å². The van der Waals surface area contributed by atoms with Crippen molar-refractivity contribution >= 4 is 11.6 Å². The molecule has 0 radical (unpaired) electrons. The van der Waals surface area contributed by atoms with Crippen molar-refractivity contribution in [2.75, 3.05) is 0 Å². The molecule has 2 heterocycles. The van der Waals surface area contributed by atoms with Crippen LogP contribution in [-0.4, -0.2) is 26.4 Å². The number of nitrogens with zero attached hydrogens (tertiary/aromatic N) is 2. The van der Waals surface area contributed by atoms with Crippen LogP contribution < -0.4 is 10.9 Å². The van der Waals surface area contributed by atoms with Crippen molar-refractivity contribution in [2.45, 2.75) is 53.0 Å². The average molecular weight is 343 g/mol. The monoisotopic (exact) mass is 343 g/mol. The minimum Gasteiger partial charge on any atom is -0.493 e. The number of aromatic nitrogens is 2. The Kier molecular flexibility index (Phi) is 4.31. The molecule has 0 unspecified atom stereocenters. The number of aryl methyl sites for hydroxylation is 1. The molecule has 3 rings (SSSR count). The summed E-state index contributed by atoms with van der Waals surface area (Å²) in [4.78, 5) is 29.4. The van der Waals surface area contributed by atoms with Gasteiger partial charge in [-0.2, -0.15) is 4.98 Å². The summed E-state index contributed by atoms with van der Waals surface area (Å²) in [5, 5.41) is 13.1. The molecule has 0 aliphatic heterocycles. The van der Waals surface area contributed by atoms with Crippen molar-refractivity contribution in [1.82, 2.24) is 14.7 Å². The predicted molar refractivity (Wildman–Crippen MR) is 95.9 cm³/mol. The Morgan fingerprint density at radius 2 is 2.12 bits per heavy atom. The molecule has 2 aromatic rings. The maximum atomic E-state index is 12.7. The van der Waals surface area contributed by atoms with Crippen LogP contribution >= 0.6 is 0 Å². The zero-order valence-electron chi connectivity index (χ0n) is 15.2. The molecule has 0 bridgehead atoms. The van der Waals surface area contributed by atoms with Crippen LogP contribution in [0.4, 0.5) is 0 Å². The molecule has 0 spiro atoms. The highest BCUT2D eigenvalue weighted by molar-refractivity contribution is 5.96. The van der Waals surface area contributed by atoms with Gasteiger partial charge in [-0.1, -0.05) is 26.8 Å². The molecule has 1 saturated carbocycles. The van der Waals surface area contributed by atoms with E-state index in [1.807, 2.05) is 0 Å². The fraction of sp³-hybridized carbons (Fsp3) is 0.526. The number of amides is 1. The van der Waals surface area contributed by atoms with Gasteiger partial charge in [0.15, 0.2) is 5.56 Å². The summed E-state index contributed by atoms with van der Waals surface area (Å²) in [5.41, 5.74) is 0.412. The average Bonchev–Trinajstić information content (AvgIpc) is 2.46. The summed E-state index contributed by atoms with van der Waals surface area (Å²) in [5.74, 6) is -0.568. The Morgan fingerprint density at radius 3 is 2.80 bits per heavy atom. The normalized spacial score (nSPS) is 22.7. The van der Waals surface area contributed by atoms with Crippen LogP contribution in [0.1, 0.15) is 56.0 Å². The van der Waals surface area contributed by atoms with E-state index in [1.54, 1.807) is 25.3 Å². The van der Waals surface area contributed by atoms with Crippen LogP contribution in [-0.2, 0) is 0 Å². The minimum absolute atomic E-state index is 0.0109. The van der Waals surface area contributed by atoms with E-state index >= 15 is 0 Å². The van der Waals surface area contributed by atoms with Gasteiger partial charge in [0.25, 0.3) is 11.5 Å². The maximum absolute atomic E-state index is 12.7. The van der Waals surface area contributed by atoms with E-state index in [9.17, 15) is 14.7 Å². The van der Waals surface area contributed by atoms with Gasteiger partial charge in [0.1, 0.15) is 5.65 Å². The first kappa shape index (κ1) is 17.5. The van der Waals surface area contributed by atoms with Gasteiger partial charge in [-0.05, 0) is 49.1 Å². The van der Waals surface area contributed by atoms with Gasteiger partial charge >= 0.3 is 0 Å². The van der Waals surface area contributed by atoms with Crippen molar-refractivity contribution in [3.63, 3.8) is 0 Å². The minimum atomic E-state index is -0.555. The second-order valence-corrected chi connectivity index (χ2v) is 8.08. The number of carbonyl (C=O) groups is 1. The SMILES string of the molecule is Cc1cccn2c(=O)c(C(=O)N[C@H]3C[C@@H](C)CC(C)(C)C3)c(O)nc12. The Balaban J connectivity index is 1.94. The lowest BCUT2D eigenvalue weighted by Gasteiger charge is -2.39. The highest BCUT2D eigenvalue weighted by Crippen LogP contribution is 2.38. The largest absolute Gasteiger partial charge is 0.493 e. The molecule has 0 aromatic carbocycles. The number of rotatable bonds is 2. The van der Waals surface area contributed by atoms with Crippen LogP contribution in [0, 0.1) is 18.3 Å². The van der Waals surface area contributed by atoms with Crippen molar-refractivity contribution in [3.8, 4) is 5.88 Å². The third-order valence-corrected chi connectivity index (χ3v) is 4.98. The first-order valence-corrected chi connectivity index (χ1v) is 8.70. The molecule has 1 amide bonds. The molecule has 134 valence electrons. The quantitative estimate of drug-likeness (QED) is 0.878. The molecule has 2 atom stereocenters. The molecule has 1 aliphatic rings. The summed E-state index contributed by atoms with van der Waals surface area (Å²) in [6.45, 7) is 8.35. The maximum Gasteiger partial charge on any atom is 0.274 e. The van der Waals surface area contributed by atoms with Gasteiger partial charge < -0.3 is 10.4 Å². The van der Waals surface area contributed by atoms with Crippen LogP contribution in [0.2, 0.25) is 0 Å². The van der Waals surface area contributed by atoms with Crippen molar-refractivity contribution in [1.29, 1.82) is 0 Å². The fourth-order valence-corrected chi connectivity index (χ4v) is 4.20. The second kappa shape index (κ2) is 6.17. The molecule has 6 nitrogen and oxygen atoms in total. The van der Waals surface area contributed by atoms with Gasteiger partial charge in [-0.15, -0.1) is 0 Å². The number of hydrogen-bond donors (Lipinski definition) is 2. The first-order chi connectivity index (χ1) is 11.7. The molecular formula is C19H25N3O3. The predicted octanol–water partition coefficient (Wildman–Crippen LogP) is 2.65. The van der Waals surface area contributed by atoms with Crippen LogP contribution in [0.25, 0.3) is 5.65 Å². The standard InChI is InChI=1S/C19H25N3O3/c1-11-8-13(10-19(3,4)9-11)20-16(23)14-17(24)21-15-12(2)6-5-7-22(15)18(14)25/h5-7,11,13,24H,8-10H2,1-4H3,(H,20,23)/t11-,13+/m1/s1. The van der Waals surface area contributed by atoms with Gasteiger partial charge in [0.05, 0.1) is 0 Å². The van der Waals surface area contributed by atoms with E-state index in [1.165, 1.54) is 4.40 Å². The van der Waals surface area contributed by atoms with E-state index in [4.69, 9.17) is 0 Å². The zero-order valence-corrected chi connectivity index (χ0v) is 15.2. The van der Waals surface area contributed by atoms with Crippen LogP contribution in [0.3, 0.4) is 0 Å². The van der Waals surface area contributed by atoms with E-state index in [2.05, 4.69) is 31.1 Å². The number of nitrogens with one attached hydrogen (secondary N) is 1. The smallest absolute Gasteiger partial charge is 0.274 e. The van der Waals surface area contributed by atoms with E-state index in [0.717, 1.165) is 24.8 Å². The Bertz CT molecular complexity index is 885. The highest BCUT2D eigenvalue weighted by atomic mass is 16.3. The Morgan fingerprint density at radius 1 is 1.40 bits per heavy atom. The summed E-state index contributed by atoms with van der Waals surface area (Å²) in [6, 6.07) is 3.50. The summed E-state index contributed by atoms with van der Waals surface area (Å²) in [6.07, 6.45) is 4.40. The summed E-state index contributed by atoms with van der Waals surface area (Å²) in [7, 11) is 0. The lowest BCUT2D eigenvalue weighted by molar-refractivity contribution is 0.0869. The van der Waals surface area contributed by atoms with Gasteiger partial charge in [0, 0.05) is 12.2 Å². The molecule has 6 heteroatoms. The van der Waals surface area contributed by atoms with Gasteiger partial charge in [0.2, 0.25) is 5.88 Å². The molecule has 0 saturated heterocycles. The van der Waals surface area contributed by atoms with Gasteiger partial charge in [-0.25, -0.2) is 0 Å². The van der Waals surface area contributed by atoms with E-state index in [0.29, 0.717) is 11.6 Å². The number of hydrogen-bond acceptors (Lipinski definition) is 4. The van der Waals surface area contributed by atoms with Crippen LogP contribution in [0.15, 0.2) is 23.1 Å². The highest BCUT2D eigenvalue weighted by Gasteiger charge is 2.33. The Hall–Kier alpha value is -2.37. The van der Waals surface area contributed by atoms with Crippen molar-refractivity contribution in [3.05, 3.63) is 39.8 Å². The number of carbonyl (C=O) groups excluding carboxylic acids is 1. The first-order valence-electron chi connectivity index (χ1n) is 8.70. The topological polar surface area (TPSA) is 83.7 Å². The lowest BCUT2D eigenvalue weighted by Crippen LogP contribution is -2.44. The molecule has 1 aliphatic carbocycles. The molecule has 25 heavy (non-hydrogen) atoms. The van der Waals surface area contributed by atoms with Gasteiger partial charge in [-0.3, -0.25) is 14.0 Å². The molecular weight excluding hydrogens is 318 g/mol. The number of pyridine rings is 1. The number of aromatic hydroxyl groups is 1. The summed E-state index contributed by atoms with van der Waals surface area (Å²) < 4.78 is 1.30. The number of fused-ring (bicyclic) bond motifs is 1. The van der Waals surface area contributed by atoms with E-state index in [-0.39, 0.29) is 17.0 Å². The zero-order chi connectivity index (χ0) is 18.4. The molecule has 2 N–H and O–H groups in total. The molecule has 1 fully saturated rings. The van der Waals surface area contributed by atoms with Crippen molar-refractivity contribution < 1.29 is 9.90 Å². The third kappa shape index (κ3) is 3.38. The summed E-state index contributed by atoms with van der Waals surface area (Å²) >= 11 is 0.